The largest absolute Gasteiger partial charge is 0.481 e. The number of carbonyl (C=O) groups is 5. The smallest absolute Gasteiger partial charge is 0.326 e. The fourth-order valence-corrected chi connectivity index (χ4v) is 3.16. The van der Waals surface area contributed by atoms with Crippen molar-refractivity contribution < 1.29 is 39.3 Å². The lowest BCUT2D eigenvalue weighted by Crippen LogP contribution is -2.58. The summed E-state index contributed by atoms with van der Waals surface area (Å²) in [5.41, 5.74) is 16.6. The van der Waals surface area contributed by atoms with Gasteiger partial charge < -0.3 is 53.5 Å². The van der Waals surface area contributed by atoms with Gasteiger partial charge in [-0.25, -0.2) is 9.78 Å². The standard InChI is InChI=1S/C21H35N9O8/c1-10(31)16(22)19(36)29-12(3-2-6-26-21(23)24)17(34)28-13(4-5-15(32)33)18(35)30-14(20(37)38)7-11-8-25-9-27-11/h8-10,12-14,16,31H,2-7,22H2,1H3,(H,25,27)(H,28,34)(H,29,36)(H,30,35)(H,32,33)(H,37,38)(H4,23,24,26). The van der Waals surface area contributed by atoms with E-state index in [1.165, 1.54) is 19.4 Å². The molecule has 1 rings (SSSR count). The van der Waals surface area contributed by atoms with E-state index in [9.17, 15) is 34.2 Å². The highest BCUT2D eigenvalue weighted by atomic mass is 16.4. The number of aromatic amines is 1. The average Bonchev–Trinajstić information content (AvgIpc) is 3.35. The van der Waals surface area contributed by atoms with Gasteiger partial charge in [-0.05, 0) is 26.2 Å². The molecule has 0 fully saturated rings. The minimum absolute atomic E-state index is 0.00821. The normalized spacial score (nSPS) is 14.7. The maximum atomic E-state index is 13.1. The summed E-state index contributed by atoms with van der Waals surface area (Å²) in [6.07, 6.45) is 0.647. The summed E-state index contributed by atoms with van der Waals surface area (Å²) in [7, 11) is 0. The number of hydrogen-bond donors (Lipinski definition) is 10. The van der Waals surface area contributed by atoms with Crippen LogP contribution in [-0.2, 0) is 30.4 Å². The van der Waals surface area contributed by atoms with Gasteiger partial charge in [0.2, 0.25) is 17.7 Å². The Kier molecular flexibility index (Phi) is 13.2. The number of nitrogens with two attached hydrogens (primary N) is 3. The summed E-state index contributed by atoms with van der Waals surface area (Å²) in [5, 5.41) is 35.2. The Labute approximate surface area is 217 Å². The zero-order valence-electron chi connectivity index (χ0n) is 20.8. The molecule has 0 saturated carbocycles. The second kappa shape index (κ2) is 15.8. The number of H-pyrrole nitrogens is 1. The lowest BCUT2D eigenvalue weighted by atomic mass is 10.1. The number of carboxylic acids is 2. The number of aliphatic imine (C=N–C) groups is 1. The highest BCUT2D eigenvalue weighted by molar-refractivity contribution is 5.94. The zero-order valence-corrected chi connectivity index (χ0v) is 20.8. The summed E-state index contributed by atoms with van der Waals surface area (Å²) in [6, 6.07) is -5.48. The first-order chi connectivity index (χ1) is 17.8. The van der Waals surface area contributed by atoms with Gasteiger partial charge in [-0.3, -0.25) is 24.2 Å². The fraction of sp³-hybridized carbons (Fsp3) is 0.571. The van der Waals surface area contributed by atoms with Gasteiger partial charge in [-0.1, -0.05) is 0 Å². The summed E-state index contributed by atoms with van der Waals surface area (Å²) in [4.78, 5) is 71.4. The number of amides is 3. The number of aliphatic hydroxyl groups excluding tert-OH is 1. The number of carbonyl (C=O) groups excluding carboxylic acids is 3. The summed E-state index contributed by atoms with van der Waals surface area (Å²) < 4.78 is 0. The Bertz CT molecular complexity index is 979. The molecule has 0 aliphatic carbocycles. The molecular weight excluding hydrogens is 506 g/mol. The Morgan fingerprint density at radius 1 is 1.00 bits per heavy atom. The minimum Gasteiger partial charge on any atom is -0.481 e. The van der Waals surface area contributed by atoms with E-state index in [1.807, 2.05) is 0 Å². The maximum Gasteiger partial charge on any atom is 0.326 e. The first-order valence-electron chi connectivity index (χ1n) is 11.6. The van der Waals surface area contributed by atoms with Crippen molar-refractivity contribution in [3.63, 3.8) is 0 Å². The van der Waals surface area contributed by atoms with E-state index in [1.54, 1.807) is 0 Å². The molecule has 0 radical (unpaired) electrons. The van der Waals surface area contributed by atoms with Crippen LogP contribution in [-0.4, -0.2) is 97.7 Å². The second-order valence-electron chi connectivity index (χ2n) is 8.45. The lowest BCUT2D eigenvalue weighted by Gasteiger charge is -2.25. The molecule has 0 bridgehead atoms. The molecule has 5 atom stereocenters. The zero-order chi connectivity index (χ0) is 28.8. The van der Waals surface area contributed by atoms with E-state index < -0.39 is 66.4 Å². The summed E-state index contributed by atoms with van der Waals surface area (Å²) in [6.45, 7) is 1.40. The first kappa shape index (κ1) is 31.8. The SMILES string of the molecule is CC(O)C(N)C(=O)NC(CCCN=C(N)N)C(=O)NC(CCC(=O)O)C(=O)NC(Cc1cnc[nH]1)C(=O)O. The highest BCUT2D eigenvalue weighted by Crippen LogP contribution is 2.06. The van der Waals surface area contributed by atoms with Crippen LogP contribution in [0.15, 0.2) is 17.5 Å². The van der Waals surface area contributed by atoms with Gasteiger partial charge in [-0.15, -0.1) is 0 Å². The Morgan fingerprint density at radius 3 is 2.08 bits per heavy atom. The molecular formula is C21H35N9O8. The van der Waals surface area contributed by atoms with Crippen molar-refractivity contribution in [3.8, 4) is 0 Å². The highest BCUT2D eigenvalue weighted by Gasteiger charge is 2.31. The van der Waals surface area contributed by atoms with Crippen molar-refractivity contribution in [1.82, 2.24) is 25.9 Å². The second-order valence-corrected chi connectivity index (χ2v) is 8.45. The minimum atomic E-state index is -1.45. The molecule has 1 aromatic heterocycles. The number of guanidine groups is 1. The van der Waals surface area contributed by atoms with Gasteiger partial charge in [0.25, 0.3) is 0 Å². The number of rotatable bonds is 17. The molecule has 0 saturated heterocycles. The first-order valence-corrected chi connectivity index (χ1v) is 11.6. The van der Waals surface area contributed by atoms with Crippen LogP contribution in [0.25, 0.3) is 0 Å². The molecule has 13 N–H and O–H groups in total. The van der Waals surface area contributed by atoms with Gasteiger partial charge in [0, 0.05) is 31.3 Å². The number of aliphatic hydroxyl groups is 1. The Hall–Kier alpha value is -4.25. The van der Waals surface area contributed by atoms with Crippen LogP contribution in [0.2, 0.25) is 0 Å². The maximum absolute atomic E-state index is 13.1. The van der Waals surface area contributed by atoms with E-state index in [4.69, 9.17) is 22.3 Å². The molecule has 1 heterocycles. The molecule has 5 unspecified atom stereocenters. The number of imidazole rings is 1. The molecule has 0 aromatic carbocycles. The molecule has 17 nitrogen and oxygen atoms in total. The van der Waals surface area contributed by atoms with Gasteiger partial charge in [0.1, 0.15) is 24.2 Å². The van der Waals surface area contributed by atoms with Crippen LogP contribution in [0, 0.1) is 0 Å². The van der Waals surface area contributed by atoms with Crippen LogP contribution in [0.1, 0.15) is 38.3 Å². The van der Waals surface area contributed by atoms with Gasteiger partial charge in [0.05, 0.1) is 12.4 Å². The molecule has 3 amide bonds. The quantitative estimate of drug-likeness (QED) is 0.0514. The Morgan fingerprint density at radius 2 is 1.58 bits per heavy atom. The third-order valence-corrected chi connectivity index (χ3v) is 5.27. The number of aromatic nitrogens is 2. The van der Waals surface area contributed by atoms with Crippen LogP contribution in [0.4, 0.5) is 0 Å². The monoisotopic (exact) mass is 541 g/mol. The van der Waals surface area contributed by atoms with Crippen molar-refractivity contribution in [2.24, 2.45) is 22.2 Å². The van der Waals surface area contributed by atoms with E-state index in [-0.39, 0.29) is 38.2 Å². The van der Waals surface area contributed by atoms with E-state index in [0.29, 0.717) is 5.69 Å². The summed E-state index contributed by atoms with van der Waals surface area (Å²) in [5.74, 6) is -5.47. The number of nitrogens with zero attached hydrogens (tertiary/aromatic N) is 2. The van der Waals surface area contributed by atoms with Gasteiger partial charge >= 0.3 is 11.9 Å². The van der Waals surface area contributed by atoms with Gasteiger partial charge in [-0.2, -0.15) is 0 Å². The molecule has 1 aromatic rings. The fourth-order valence-electron chi connectivity index (χ4n) is 3.16. The number of hydrogen-bond acceptors (Lipinski definition) is 9. The number of nitrogens with one attached hydrogen (secondary N) is 4. The third kappa shape index (κ3) is 11.7. The number of aliphatic carboxylic acids is 2. The third-order valence-electron chi connectivity index (χ3n) is 5.27. The molecule has 38 heavy (non-hydrogen) atoms. The van der Waals surface area contributed by atoms with Crippen LogP contribution in [0.5, 0.6) is 0 Å². The molecule has 0 spiro atoms. The summed E-state index contributed by atoms with van der Waals surface area (Å²) >= 11 is 0. The lowest BCUT2D eigenvalue weighted by molar-refractivity contribution is -0.143. The average molecular weight is 542 g/mol. The Balaban J connectivity index is 3.05. The van der Waals surface area contributed by atoms with Gasteiger partial charge in [0.15, 0.2) is 5.96 Å². The molecule has 0 aliphatic rings. The number of carboxylic acid groups (broad SMARTS) is 2. The van der Waals surface area contributed by atoms with Crippen LogP contribution in [0.3, 0.4) is 0 Å². The van der Waals surface area contributed by atoms with Crippen molar-refractivity contribution in [1.29, 1.82) is 0 Å². The predicted octanol–water partition coefficient (Wildman–Crippen LogP) is -3.88. The van der Waals surface area contributed by atoms with Crippen molar-refractivity contribution in [2.75, 3.05) is 6.54 Å². The van der Waals surface area contributed by atoms with E-state index in [2.05, 4.69) is 30.9 Å². The molecule has 212 valence electrons. The van der Waals surface area contributed by atoms with Crippen molar-refractivity contribution >= 4 is 35.6 Å². The van der Waals surface area contributed by atoms with E-state index in [0.717, 1.165) is 0 Å². The topological polar surface area (TPSA) is 301 Å². The van der Waals surface area contributed by atoms with Crippen molar-refractivity contribution in [3.05, 3.63) is 18.2 Å². The van der Waals surface area contributed by atoms with Crippen LogP contribution < -0.4 is 33.2 Å². The molecule has 17 heteroatoms. The predicted molar refractivity (Wildman–Crippen MR) is 132 cm³/mol. The van der Waals surface area contributed by atoms with Crippen molar-refractivity contribution in [2.45, 2.75) is 69.3 Å². The molecule has 0 aliphatic heterocycles. The van der Waals surface area contributed by atoms with E-state index >= 15 is 0 Å². The van der Waals surface area contributed by atoms with Crippen LogP contribution >= 0.6 is 0 Å².